The molecule has 0 aromatic carbocycles. The summed E-state index contributed by atoms with van der Waals surface area (Å²) in [5.74, 6) is 1.27. The summed E-state index contributed by atoms with van der Waals surface area (Å²) in [7, 11) is 0. The number of carbonyl (C=O) groups excluding carboxylic acids is 1. The predicted molar refractivity (Wildman–Crippen MR) is 60.5 cm³/mol. The van der Waals surface area contributed by atoms with Gasteiger partial charge in [-0.2, -0.15) is 0 Å². The van der Waals surface area contributed by atoms with Crippen LogP contribution in [0.2, 0.25) is 0 Å². The lowest BCUT2D eigenvalue weighted by molar-refractivity contribution is -0.136. The van der Waals surface area contributed by atoms with Gasteiger partial charge in [0.05, 0.1) is 5.92 Å². The van der Waals surface area contributed by atoms with E-state index in [1.165, 1.54) is 6.42 Å². The summed E-state index contributed by atoms with van der Waals surface area (Å²) < 4.78 is 0. The predicted octanol–water partition coefficient (Wildman–Crippen LogP) is 1.24. The second kappa shape index (κ2) is 4.12. The Labute approximate surface area is 92.2 Å². The average molecular weight is 210 g/mol. The minimum atomic E-state index is 0.220. The van der Waals surface area contributed by atoms with Crippen LogP contribution in [0.15, 0.2) is 0 Å². The average Bonchev–Trinajstić information content (AvgIpc) is 2.71. The number of hydrogen-bond donors (Lipinski definition) is 1. The first-order valence-electron chi connectivity index (χ1n) is 6.13. The van der Waals surface area contributed by atoms with Crippen molar-refractivity contribution in [3.63, 3.8) is 0 Å². The maximum atomic E-state index is 12.3. The van der Waals surface area contributed by atoms with E-state index in [2.05, 4.69) is 31.0 Å². The molecular formula is C12H22N2O. The van der Waals surface area contributed by atoms with Gasteiger partial charge in [0.1, 0.15) is 0 Å². The van der Waals surface area contributed by atoms with E-state index < -0.39 is 0 Å². The van der Waals surface area contributed by atoms with Gasteiger partial charge in [-0.3, -0.25) is 4.79 Å². The maximum absolute atomic E-state index is 12.3. The molecule has 2 heterocycles. The second-order valence-corrected chi connectivity index (χ2v) is 5.32. The van der Waals surface area contributed by atoms with Crippen molar-refractivity contribution >= 4 is 5.91 Å². The van der Waals surface area contributed by atoms with Crippen LogP contribution in [-0.4, -0.2) is 36.0 Å². The van der Waals surface area contributed by atoms with Crippen molar-refractivity contribution in [2.75, 3.05) is 13.1 Å². The molecule has 4 unspecified atom stereocenters. The third kappa shape index (κ3) is 2.03. The monoisotopic (exact) mass is 210 g/mol. The molecule has 1 N–H and O–H groups in total. The van der Waals surface area contributed by atoms with E-state index in [1.807, 2.05) is 0 Å². The summed E-state index contributed by atoms with van der Waals surface area (Å²) >= 11 is 0. The molecular weight excluding hydrogens is 188 g/mol. The van der Waals surface area contributed by atoms with Gasteiger partial charge in [-0.1, -0.05) is 6.92 Å². The first-order valence-corrected chi connectivity index (χ1v) is 6.13. The van der Waals surface area contributed by atoms with Crippen molar-refractivity contribution < 1.29 is 4.79 Å². The van der Waals surface area contributed by atoms with Crippen LogP contribution in [-0.2, 0) is 4.79 Å². The fourth-order valence-corrected chi connectivity index (χ4v) is 3.02. The van der Waals surface area contributed by atoms with E-state index >= 15 is 0 Å². The zero-order valence-electron chi connectivity index (χ0n) is 9.99. The molecule has 2 fully saturated rings. The van der Waals surface area contributed by atoms with Gasteiger partial charge in [0.2, 0.25) is 5.91 Å². The quantitative estimate of drug-likeness (QED) is 0.706. The highest BCUT2D eigenvalue weighted by Gasteiger charge is 2.37. The lowest BCUT2D eigenvalue weighted by atomic mass is 10.00. The number of hydrogen-bond acceptors (Lipinski definition) is 2. The molecule has 2 aliphatic rings. The number of carbonyl (C=O) groups is 1. The minimum absolute atomic E-state index is 0.220. The Morgan fingerprint density at radius 2 is 2.07 bits per heavy atom. The van der Waals surface area contributed by atoms with Crippen LogP contribution in [0.25, 0.3) is 0 Å². The van der Waals surface area contributed by atoms with Gasteiger partial charge in [0.25, 0.3) is 0 Å². The van der Waals surface area contributed by atoms with E-state index in [1.54, 1.807) is 0 Å². The molecule has 0 aromatic heterocycles. The van der Waals surface area contributed by atoms with E-state index in [4.69, 9.17) is 0 Å². The minimum Gasteiger partial charge on any atom is -0.339 e. The Morgan fingerprint density at radius 3 is 2.53 bits per heavy atom. The SMILES string of the molecule is CC1CC(C)N(C(=O)C2CCNC2C)C1. The van der Waals surface area contributed by atoms with Gasteiger partial charge in [0.15, 0.2) is 0 Å². The fraction of sp³-hybridized carbons (Fsp3) is 0.917. The highest BCUT2D eigenvalue weighted by Crippen LogP contribution is 2.27. The van der Waals surface area contributed by atoms with Crippen LogP contribution in [0.3, 0.4) is 0 Å². The largest absolute Gasteiger partial charge is 0.339 e. The highest BCUT2D eigenvalue weighted by atomic mass is 16.2. The van der Waals surface area contributed by atoms with Gasteiger partial charge < -0.3 is 10.2 Å². The van der Waals surface area contributed by atoms with Crippen LogP contribution in [0.1, 0.15) is 33.6 Å². The molecule has 15 heavy (non-hydrogen) atoms. The number of rotatable bonds is 1. The number of nitrogens with zero attached hydrogens (tertiary/aromatic N) is 1. The molecule has 1 amide bonds. The summed E-state index contributed by atoms with van der Waals surface area (Å²) in [4.78, 5) is 14.4. The van der Waals surface area contributed by atoms with Crippen molar-refractivity contribution in [3.05, 3.63) is 0 Å². The zero-order chi connectivity index (χ0) is 11.0. The van der Waals surface area contributed by atoms with Crippen LogP contribution in [0.4, 0.5) is 0 Å². The fourth-order valence-electron chi connectivity index (χ4n) is 3.02. The number of likely N-dealkylation sites (tertiary alicyclic amines) is 1. The molecule has 4 atom stereocenters. The topological polar surface area (TPSA) is 32.3 Å². The van der Waals surface area contributed by atoms with Gasteiger partial charge >= 0.3 is 0 Å². The van der Waals surface area contributed by atoms with Gasteiger partial charge in [-0.25, -0.2) is 0 Å². The lowest BCUT2D eigenvalue weighted by Crippen LogP contribution is -2.42. The van der Waals surface area contributed by atoms with Crippen molar-refractivity contribution in [2.24, 2.45) is 11.8 Å². The molecule has 0 aliphatic carbocycles. The Bertz CT molecular complexity index is 254. The summed E-state index contributed by atoms with van der Waals surface area (Å²) in [6, 6.07) is 0.806. The third-order valence-corrected chi connectivity index (χ3v) is 3.91. The van der Waals surface area contributed by atoms with E-state index in [9.17, 15) is 4.79 Å². The molecule has 2 saturated heterocycles. The second-order valence-electron chi connectivity index (χ2n) is 5.32. The molecule has 3 heteroatoms. The summed E-state index contributed by atoms with van der Waals surface area (Å²) in [6.07, 6.45) is 2.18. The Kier molecular flexibility index (Phi) is 3.01. The summed E-state index contributed by atoms with van der Waals surface area (Å²) in [5.41, 5.74) is 0. The Balaban J connectivity index is 2.01. The van der Waals surface area contributed by atoms with Crippen molar-refractivity contribution in [2.45, 2.75) is 45.7 Å². The standard InChI is InChI=1S/C12H22N2O/c1-8-6-9(2)14(7-8)12(15)11-4-5-13-10(11)3/h8-11,13H,4-7H2,1-3H3. The first kappa shape index (κ1) is 10.9. The van der Waals surface area contributed by atoms with Gasteiger partial charge in [-0.05, 0) is 39.2 Å². The maximum Gasteiger partial charge on any atom is 0.227 e. The van der Waals surface area contributed by atoms with Crippen LogP contribution >= 0.6 is 0 Å². The normalized spacial score (nSPS) is 41.1. The summed E-state index contributed by atoms with van der Waals surface area (Å²) in [5, 5.41) is 3.35. The van der Waals surface area contributed by atoms with E-state index in [-0.39, 0.29) is 5.92 Å². The molecule has 2 rings (SSSR count). The van der Waals surface area contributed by atoms with E-state index in [0.717, 1.165) is 19.5 Å². The first-order chi connectivity index (χ1) is 7.09. The molecule has 0 aromatic rings. The highest BCUT2D eigenvalue weighted by molar-refractivity contribution is 5.80. The van der Waals surface area contributed by atoms with Gasteiger partial charge in [-0.15, -0.1) is 0 Å². The molecule has 0 bridgehead atoms. The smallest absolute Gasteiger partial charge is 0.227 e. The third-order valence-electron chi connectivity index (χ3n) is 3.91. The number of amides is 1. The molecule has 0 radical (unpaired) electrons. The molecule has 0 spiro atoms. The zero-order valence-corrected chi connectivity index (χ0v) is 9.99. The Morgan fingerprint density at radius 1 is 1.33 bits per heavy atom. The molecule has 2 aliphatic heterocycles. The molecule has 3 nitrogen and oxygen atoms in total. The van der Waals surface area contributed by atoms with E-state index in [0.29, 0.717) is 23.9 Å². The van der Waals surface area contributed by atoms with Crippen LogP contribution in [0, 0.1) is 11.8 Å². The lowest BCUT2D eigenvalue weighted by Gasteiger charge is -2.26. The summed E-state index contributed by atoms with van der Waals surface area (Å²) in [6.45, 7) is 8.49. The van der Waals surface area contributed by atoms with Gasteiger partial charge in [0, 0.05) is 18.6 Å². The van der Waals surface area contributed by atoms with Crippen molar-refractivity contribution in [1.82, 2.24) is 10.2 Å². The Hall–Kier alpha value is -0.570. The molecule has 86 valence electrons. The van der Waals surface area contributed by atoms with Crippen molar-refractivity contribution in [3.8, 4) is 0 Å². The number of nitrogens with one attached hydrogen (secondary N) is 1. The van der Waals surface area contributed by atoms with Crippen molar-refractivity contribution in [1.29, 1.82) is 0 Å². The molecule has 0 saturated carbocycles. The van der Waals surface area contributed by atoms with Crippen LogP contribution in [0.5, 0.6) is 0 Å². The van der Waals surface area contributed by atoms with Crippen LogP contribution < -0.4 is 5.32 Å².